The Morgan fingerprint density at radius 3 is 2.50 bits per heavy atom. The predicted molar refractivity (Wildman–Crippen MR) is 72.8 cm³/mol. The Kier molecular flexibility index (Phi) is 4.57. The average Bonchev–Trinajstić information content (AvgIpc) is 2.39. The first-order chi connectivity index (χ1) is 9.47. The minimum Gasteiger partial charge on any atom is -0.488 e. The van der Waals surface area contributed by atoms with Crippen molar-refractivity contribution in [1.82, 2.24) is 0 Å². The zero-order valence-corrected chi connectivity index (χ0v) is 11.5. The van der Waals surface area contributed by atoms with Crippen molar-refractivity contribution < 1.29 is 18.6 Å². The van der Waals surface area contributed by atoms with Gasteiger partial charge in [0.05, 0.1) is 6.10 Å². The Morgan fingerprint density at radius 2 is 1.80 bits per heavy atom. The van der Waals surface area contributed by atoms with Crippen LogP contribution in [0.1, 0.15) is 24.2 Å². The van der Waals surface area contributed by atoms with Crippen LogP contribution in [0.3, 0.4) is 0 Å². The third-order valence-corrected chi connectivity index (χ3v) is 3.19. The maximum atomic E-state index is 13.2. The highest BCUT2D eigenvalue weighted by Crippen LogP contribution is 2.27. The maximum Gasteiger partial charge on any atom is 0.128 e. The number of aliphatic hydroxyl groups excluding tert-OH is 1. The van der Waals surface area contributed by atoms with E-state index < -0.39 is 17.7 Å². The number of aliphatic hydroxyl groups is 1. The van der Waals surface area contributed by atoms with E-state index in [2.05, 4.69) is 0 Å². The molecule has 0 saturated heterocycles. The fourth-order valence-electron chi connectivity index (χ4n) is 1.79. The molecule has 0 aliphatic heterocycles. The number of hydrogen-bond donors (Lipinski definition) is 1. The van der Waals surface area contributed by atoms with Gasteiger partial charge in [-0.3, -0.25) is 0 Å². The summed E-state index contributed by atoms with van der Waals surface area (Å²) >= 11 is 5.93. The summed E-state index contributed by atoms with van der Waals surface area (Å²) in [5.74, 6) is -0.696. The molecule has 5 heteroatoms. The zero-order valence-electron chi connectivity index (χ0n) is 10.7. The standard InChI is InChI=1S/C15H13ClF2O2/c1-9(19)13-4-2-12(18)7-15(13)20-8-10-6-11(17)3-5-14(10)16/h2-7,9,19H,8H2,1H3. The Bertz CT molecular complexity index is 615. The molecule has 0 aromatic heterocycles. The SMILES string of the molecule is CC(O)c1ccc(F)cc1OCc1cc(F)ccc1Cl. The first kappa shape index (κ1) is 14.8. The summed E-state index contributed by atoms with van der Waals surface area (Å²) in [5, 5.41) is 9.97. The summed E-state index contributed by atoms with van der Waals surface area (Å²) < 4.78 is 31.8. The molecule has 2 aromatic carbocycles. The summed E-state index contributed by atoms with van der Waals surface area (Å²) in [4.78, 5) is 0. The van der Waals surface area contributed by atoms with E-state index in [4.69, 9.17) is 16.3 Å². The smallest absolute Gasteiger partial charge is 0.128 e. The number of halogens is 3. The topological polar surface area (TPSA) is 29.5 Å². The van der Waals surface area contributed by atoms with Crippen LogP contribution < -0.4 is 4.74 Å². The molecule has 0 radical (unpaired) electrons. The fourth-order valence-corrected chi connectivity index (χ4v) is 1.96. The molecular weight excluding hydrogens is 286 g/mol. The molecule has 2 nitrogen and oxygen atoms in total. The Morgan fingerprint density at radius 1 is 1.15 bits per heavy atom. The first-order valence-corrected chi connectivity index (χ1v) is 6.39. The van der Waals surface area contributed by atoms with E-state index in [1.807, 2.05) is 0 Å². The molecule has 0 fully saturated rings. The van der Waals surface area contributed by atoms with Crippen molar-refractivity contribution in [2.24, 2.45) is 0 Å². The van der Waals surface area contributed by atoms with Crippen LogP contribution >= 0.6 is 11.6 Å². The van der Waals surface area contributed by atoms with Crippen molar-refractivity contribution in [2.45, 2.75) is 19.6 Å². The highest BCUT2D eigenvalue weighted by Gasteiger charge is 2.11. The molecule has 0 spiro atoms. The molecule has 0 amide bonds. The maximum absolute atomic E-state index is 13.2. The minimum atomic E-state index is -0.798. The van der Waals surface area contributed by atoms with E-state index in [1.54, 1.807) is 6.92 Å². The molecule has 2 rings (SSSR count). The van der Waals surface area contributed by atoms with Crippen LogP contribution in [0.15, 0.2) is 36.4 Å². The van der Waals surface area contributed by atoms with Gasteiger partial charge in [0.1, 0.15) is 24.0 Å². The second-order valence-electron chi connectivity index (χ2n) is 4.38. The van der Waals surface area contributed by atoms with E-state index in [0.717, 1.165) is 0 Å². The van der Waals surface area contributed by atoms with Crippen LogP contribution in [0.25, 0.3) is 0 Å². The molecule has 2 aromatic rings. The lowest BCUT2D eigenvalue weighted by Crippen LogP contribution is -2.02. The van der Waals surface area contributed by atoms with Gasteiger partial charge in [-0.25, -0.2) is 8.78 Å². The van der Waals surface area contributed by atoms with Crippen LogP contribution in [0, 0.1) is 11.6 Å². The monoisotopic (exact) mass is 298 g/mol. The van der Waals surface area contributed by atoms with Crippen molar-refractivity contribution in [3.63, 3.8) is 0 Å². The van der Waals surface area contributed by atoms with E-state index in [9.17, 15) is 13.9 Å². The molecule has 0 heterocycles. The normalized spacial score (nSPS) is 12.2. The van der Waals surface area contributed by atoms with E-state index in [0.29, 0.717) is 16.1 Å². The quantitative estimate of drug-likeness (QED) is 0.914. The van der Waals surface area contributed by atoms with Crippen LogP contribution in [-0.2, 0) is 6.61 Å². The number of benzene rings is 2. The summed E-state index contributed by atoms with van der Waals surface area (Å²) in [5.41, 5.74) is 0.909. The van der Waals surface area contributed by atoms with Gasteiger partial charge in [-0.15, -0.1) is 0 Å². The molecule has 1 N–H and O–H groups in total. The minimum absolute atomic E-state index is 0.0141. The summed E-state index contributed by atoms with van der Waals surface area (Å²) in [6, 6.07) is 7.79. The largest absolute Gasteiger partial charge is 0.488 e. The molecule has 0 saturated carbocycles. The van der Waals surface area contributed by atoms with Crippen molar-refractivity contribution in [3.05, 3.63) is 64.2 Å². The molecule has 106 valence electrons. The van der Waals surface area contributed by atoms with Crippen molar-refractivity contribution in [3.8, 4) is 5.75 Å². The second-order valence-corrected chi connectivity index (χ2v) is 4.79. The lowest BCUT2D eigenvalue weighted by Gasteiger charge is -2.14. The number of hydrogen-bond acceptors (Lipinski definition) is 2. The second kappa shape index (κ2) is 6.20. The highest BCUT2D eigenvalue weighted by molar-refractivity contribution is 6.31. The third-order valence-electron chi connectivity index (χ3n) is 2.82. The van der Waals surface area contributed by atoms with Gasteiger partial charge in [-0.2, -0.15) is 0 Å². The molecule has 1 atom stereocenters. The fraction of sp³-hybridized carbons (Fsp3) is 0.200. The molecular formula is C15H13ClF2O2. The Labute approximate surface area is 120 Å². The average molecular weight is 299 g/mol. The molecule has 1 unspecified atom stereocenters. The highest BCUT2D eigenvalue weighted by atomic mass is 35.5. The van der Waals surface area contributed by atoms with E-state index in [-0.39, 0.29) is 12.4 Å². The van der Waals surface area contributed by atoms with Crippen LogP contribution in [-0.4, -0.2) is 5.11 Å². The molecule has 0 bridgehead atoms. The van der Waals surface area contributed by atoms with Crippen molar-refractivity contribution in [2.75, 3.05) is 0 Å². The summed E-state index contributed by atoms with van der Waals surface area (Å²) in [7, 11) is 0. The van der Waals surface area contributed by atoms with Gasteiger partial charge in [0, 0.05) is 22.2 Å². The van der Waals surface area contributed by atoms with E-state index >= 15 is 0 Å². The number of rotatable bonds is 4. The summed E-state index contributed by atoms with van der Waals surface area (Å²) in [6.45, 7) is 1.54. The lowest BCUT2D eigenvalue weighted by molar-refractivity contribution is 0.190. The van der Waals surface area contributed by atoms with Gasteiger partial charge in [-0.05, 0) is 37.3 Å². The van der Waals surface area contributed by atoms with Crippen molar-refractivity contribution >= 4 is 11.6 Å². The Hall–Kier alpha value is -1.65. The van der Waals surface area contributed by atoms with Gasteiger partial charge in [0.2, 0.25) is 0 Å². The zero-order chi connectivity index (χ0) is 14.7. The predicted octanol–water partition coefficient (Wildman–Crippen LogP) is 4.25. The van der Waals surface area contributed by atoms with Gasteiger partial charge in [-0.1, -0.05) is 11.6 Å². The van der Waals surface area contributed by atoms with E-state index in [1.165, 1.54) is 36.4 Å². The molecule has 0 aliphatic rings. The third kappa shape index (κ3) is 3.46. The van der Waals surface area contributed by atoms with Gasteiger partial charge in [0.15, 0.2) is 0 Å². The lowest BCUT2D eigenvalue weighted by atomic mass is 10.1. The van der Waals surface area contributed by atoms with Gasteiger partial charge in [0.25, 0.3) is 0 Å². The van der Waals surface area contributed by atoms with Crippen molar-refractivity contribution in [1.29, 1.82) is 0 Å². The van der Waals surface area contributed by atoms with Crippen LogP contribution in [0.2, 0.25) is 5.02 Å². The van der Waals surface area contributed by atoms with Crippen LogP contribution in [0.5, 0.6) is 5.75 Å². The van der Waals surface area contributed by atoms with Crippen LogP contribution in [0.4, 0.5) is 8.78 Å². The first-order valence-electron chi connectivity index (χ1n) is 6.01. The number of ether oxygens (including phenoxy) is 1. The van der Waals surface area contributed by atoms with Gasteiger partial charge < -0.3 is 9.84 Å². The summed E-state index contributed by atoms with van der Waals surface area (Å²) in [6.07, 6.45) is -0.798. The molecule has 0 aliphatic carbocycles. The Balaban J connectivity index is 2.22. The van der Waals surface area contributed by atoms with Gasteiger partial charge >= 0.3 is 0 Å². The molecule has 20 heavy (non-hydrogen) atoms.